The van der Waals surface area contributed by atoms with E-state index in [1.54, 1.807) is 19.1 Å². The number of aromatic amines is 1. The molecule has 0 aliphatic carbocycles. The molecule has 1 aromatic heterocycles. The lowest BCUT2D eigenvalue weighted by atomic mass is 9.92. The van der Waals surface area contributed by atoms with Crippen molar-refractivity contribution in [2.45, 2.75) is 13.5 Å². The van der Waals surface area contributed by atoms with Crippen LogP contribution < -0.4 is 16.4 Å². The number of carbonyl (C=O) groups excluding carboxylic acids is 3. The van der Waals surface area contributed by atoms with E-state index < -0.39 is 11.7 Å². The molecule has 3 aromatic rings. The number of nitrogens with one attached hydrogen (secondary N) is 3. The minimum atomic E-state index is -0.724. The number of nitrogens with two attached hydrogens (primary N) is 1. The van der Waals surface area contributed by atoms with Crippen LogP contribution in [0.4, 0.5) is 4.39 Å². The Labute approximate surface area is 170 Å². The molecule has 9 heteroatoms. The zero-order valence-electron chi connectivity index (χ0n) is 16.2. The van der Waals surface area contributed by atoms with Crippen molar-refractivity contribution < 1.29 is 18.8 Å². The molecule has 3 amide bonds. The third-order valence-electron chi connectivity index (χ3n) is 5.10. The van der Waals surface area contributed by atoms with Crippen LogP contribution in [0.5, 0.6) is 0 Å². The third kappa shape index (κ3) is 3.00. The summed E-state index contributed by atoms with van der Waals surface area (Å²) < 4.78 is 14.7. The molecular formula is C21H18FN5O3. The number of hydrogen-bond donors (Lipinski definition) is 4. The van der Waals surface area contributed by atoms with Crippen LogP contribution in [0.15, 0.2) is 30.3 Å². The van der Waals surface area contributed by atoms with E-state index in [0.717, 1.165) is 6.07 Å². The van der Waals surface area contributed by atoms with Crippen molar-refractivity contribution in [1.82, 2.24) is 20.6 Å². The summed E-state index contributed by atoms with van der Waals surface area (Å²) >= 11 is 0. The number of hydrogen-bond acceptors (Lipinski definition) is 4. The Morgan fingerprint density at radius 1 is 1.17 bits per heavy atom. The smallest absolute Gasteiger partial charge is 0.269 e. The number of carbonyl (C=O) groups is 3. The largest absolute Gasteiger partial charge is 0.366 e. The first-order chi connectivity index (χ1) is 14.3. The number of H-pyrrole nitrogens is 1. The lowest BCUT2D eigenvalue weighted by Crippen LogP contribution is -2.19. The Hall–Kier alpha value is -4.01. The zero-order valence-corrected chi connectivity index (χ0v) is 16.2. The zero-order chi connectivity index (χ0) is 21.6. The molecule has 1 aliphatic heterocycles. The van der Waals surface area contributed by atoms with Crippen molar-refractivity contribution in [3.63, 3.8) is 0 Å². The summed E-state index contributed by atoms with van der Waals surface area (Å²) in [5, 5.41) is 5.29. The van der Waals surface area contributed by atoms with Crippen molar-refractivity contribution in [3.8, 4) is 22.5 Å². The maximum absolute atomic E-state index is 14.7. The Morgan fingerprint density at radius 3 is 2.53 bits per heavy atom. The lowest BCUT2D eigenvalue weighted by molar-refractivity contribution is 0.0953. The molecule has 0 unspecified atom stereocenters. The second-order valence-corrected chi connectivity index (χ2v) is 6.88. The number of fused-ring (bicyclic) bond motifs is 1. The van der Waals surface area contributed by atoms with Gasteiger partial charge in [0.15, 0.2) is 0 Å². The molecule has 5 N–H and O–H groups in total. The second-order valence-electron chi connectivity index (χ2n) is 6.88. The van der Waals surface area contributed by atoms with E-state index in [9.17, 15) is 18.8 Å². The number of rotatable bonds is 4. The van der Waals surface area contributed by atoms with Gasteiger partial charge in [0.05, 0.1) is 11.3 Å². The van der Waals surface area contributed by atoms with Crippen LogP contribution in [-0.2, 0) is 6.54 Å². The Bertz CT molecular complexity index is 1230. The van der Waals surface area contributed by atoms with E-state index in [1.807, 2.05) is 0 Å². The predicted octanol–water partition coefficient (Wildman–Crippen LogP) is 1.89. The molecule has 2 aromatic carbocycles. The van der Waals surface area contributed by atoms with Gasteiger partial charge in [0, 0.05) is 30.3 Å². The minimum absolute atomic E-state index is 0.0616. The summed E-state index contributed by atoms with van der Waals surface area (Å²) in [4.78, 5) is 43.2. The standard InChI is InChI=1S/C21H18FN5O3/c1-9-17(21(30)24-2)27-19(26-9)13-6-5-11(14-8-25-20(29)16(13)14)12-4-3-10(18(23)28)7-15(12)22/h3-7H,8H2,1-2H3,(H2,23,28)(H,24,30)(H,25,29)(H,26,27). The summed E-state index contributed by atoms with van der Waals surface area (Å²) in [7, 11) is 1.51. The van der Waals surface area contributed by atoms with Crippen LogP contribution in [0.25, 0.3) is 22.5 Å². The van der Waals surface area contributed by atoms with E-state index in [2.05, 4.69) is 20.6 Å². The fourth-order valence-electron chi connectivity index (χ4n) is 3.62. The SMILES string of the molecule is CNC(=O)c1[nH]c(-c2ccc(-c3ccc(C(N)=O)cc3F)c3c2C(=O)NC3)nc1C. The molecule has 152 valence electrons. The summed E-state index contributed by atoms with van der Waals surface area (Å²) in [5.74, 6) is -1.60. The molecule has 0 bridgehead atoms. The molecule has 0 saturated heterocycles. The first-order valence-electron chi connectivity index (χ1n) is 9.14. The molecule has 30 heavy (non-hydrogen) atoms. The van der Waals surface area contributed by atoms with Crippen LogP contribution in [0.1, 0.15) is 42.5 Å². The summed E-state index contributed by atoms with van der Waals surface area (Å²) in [6, 6.07) is 7.33. The molecule has 0 radical (unpaired) electrons. The number of primary amides is 1. The molecule has 0 saturated carbocycles. The van der Waals surface area contributed by atoms with Gasteiger partial charge in [-0.15, -0.1) is 0 Å². The van der Waals surface area contributed by atoms with Crippen molar-refractivity contribution >= 4 is 17.7 Å². The second kappa shape index (κ2) is 7.11. The van der Waals surface area contributed by atoms with Crippen LogP contribution in [0, 0.1) is 12.7 Å². The van der Waals surface area contributed by atoms with Gasteiger partial charge in [-0.2, -0.15) is 0 Å². The number of aryl methyl sites for hydroxylation is 1. The van der Waals surface area contributed by atoms with Crippen LogP contribution in [-0.4, -0.2) is 34.7 Å². The maximum Gasteiger partial charge on any atom is 0.269 e. The van der Waals surface area contributed by atoms with Gasteiger partial charge >= 0.3 is 0 Å². The van der Waals surface area contributed by atoms with E-state index in [0.29, 0.717) is 39.5 Å². The number of aromatic nitrogens is 2. The molecule has 1 aliphatic rings. The fourth-order valence-corrected chi connectivity index (χ4v) is 3.62. The average Bonchev–Trinajstić information content (AvgIpc) is 3.30. The van der Waals surface area contributed by atoms with E-state index in [-0.39, 0.29) is 29.5 Å². The molecule has 0 spiro atoms. The normalized spacial score (nSPS) is 12.4. The van der Waals surface area contributed by atoms with Gasteiger partial charge in [0.25, 0.3) is 11.8 Å². The molecule has 8 nitrogen and oxygen atoms in total. The lowest BCUT2D eigenvalue weighted by Gasteiger charge is -2.12. The van der Waals surface area contributed by atoms with Crippen LogP contribution in [0.2, 0.25) is 0 Å². The monoisotopic (exact) mass is 407 g/mol. The highest BCUT2D eigenvalue weighted by Crippen LogP contribution is 2.36. The summed E-state index contributed by atoms with van der Waals surface area (Å²) in [5.41, 5.74) is 8.33. The first kappa shape index (κ1) is 19.3. The number of halogens is 1. The van der Waals surface area contributed by atoms with Crippen LogP contribution >= 0.6 is 0 Å². The summed E-state index contributed by atoms with van der Waals surface area (Å²) in [6.07, 6.45) is 0. The van der Waals surface area contributed by atoms with Gasteiger partial charge in [-0.05, 0) is 36.2 Å². The highest BCUT2D eigenvalue weighted by molar-refractivity contribution is 6.06. The fraction of sp³-hybridized carbons (Fsp3) is 0.143. The molecular weight excluding hydrogens is 389 g/mol. The van der Waals surface area contributed by atoms with Crippen LogP contribution in [0.3, 0.4) is 0 Å². The van der Waals surface area contributed by atoms with Gasteiger partial charge < -0.3 is 21.4 Å². The molecule has 0 fully saturated rings. The van der Waals surface area contributed by atoms with Crippen molar-refractivity contribution in [2.24, 2.45) is 5.73 Å². The Balaban J connectivity index is 1.87. The Kier molecular flexibility index (Phi) is 4.57. The molecule has 4 rings (SSSR count). The van der Waals surface area contributed by atoms with Crippen molar-refractivity contribution in [1.29, 1.82) is 0 Å². The van der Waals surface area contributed by atoms with Crippen molar-refractivity contribution in [2.75, 3.05) is 7.05 Å². The van der Waals surface area contributed by atoms with E-state index >= 15 is 0 Å². The molecule has 0 atom stereocenters. The highest BCUT2D eigenvalue weighted by atomic mass is 19.1. The Morgan fingerprint density at radius 2 is 1.87 bits per heavy atom. The minimum Gasteiger partial charge on any atom is -0.366 e. The van der Waals surface area contributed by atoms with Gasteiger partial charge in [0.1, 0.15) is 17.3 Å². The predicted molar refractivity (Wildman–Crippen MR) is 107 cm³/mol. The van der Waals surface area contributed by atoms with Gasteiger partial charge in [0.2, 0.25) is 5.91 Å². The highest BCUT2D eigenvalue weighted by Gasteiger charge is 2.29. The van der Waals surface area contributed by atoms with Gasteiger partial charge in [-0.3, -0.25) is 14.4 Å². The first-order valence-corrected chi connectivity index (χ1v) is 9.14. The average molecular weight is 407 g/mol. The maximum atomic E-state index is 14.7. The van der Waals surface area contributed by atoms with E-state index in [1.165, 1.54) is 19.2 Å². The molecule has 2 heterocycles. The topological polar surface area (TPSA) is 130 Å². The van der Waals surface area contributed by atoms with Gasteiger partial charge in [-0.25, -0.2) is 9.37 Å². The quantitative estimate of drug-likeness (QED) is 0.526. The number of benzene rings is 2. The van der Waals surface area contributed by atoms with Gasteiger partial charge in [-0.1, -0.05) is 12.1 Å². The number of imidazole rings is 1. The third-order valence-corrected chi connectivity index (χ3v) is 5.10. The number of nitrogens with zero attached hydrogens (tertiary/aromatic N) is 1. The summed E-state index contributed by atoms with van der Waals surface area (Å²) in [6.45, 7) is 1.91. The number of amides is 3. The van der Waals surface area contributed by atoms with E-state index in [4.69, 9.17) is 5.73 Å². The van der Waals surface area contributed by atoms with Crippen molar-refractivity contribution in [3.05, 3.63) is 64.2 Å².